The molecule has 0 amide bonds. The third-order valence-electron chi connectivity index (χ3n) is 3.77. The maximum Gasteiger partial charge on any atom is 0.0353 e. The zero-order valence-corrected chi connectivity index (χ0v) is 13.2. The van der Waals surface area contributed by atoms with E-state index in [4.69, 9.17) is 0 Å². The van der Waals surface area contributed by atoms with Crippen LogP contribution in [0.3, 0.4) is 0 Å². The Balaban J connectivity index is 2.09. The summed E-state index contributed by atoms with van der Waals surface area (Å²) in [5.41, 5.74) is 2.00. The molecule has 1 aromatic carbocycles. The second-order valence-electron chi connectivity index (χ2n) is 7.99. The Morgan fingerprint density at radius 3 is 2.11 bits per heavy atom. The minimum atomic E-state index is 0.182. The molecule has 106 valence electrons. The lowest BCUT2D eigenvalue weighted by molar-refractivity contribution is 0.215. The molecule has 1 aromatic rings. The Bertz CT molecular complexity index is 395. The normalized spacial score (nSPS) is 18.4. The highest BCUT2D eigenvalue weighted by Gasteiger charge is 2.36. The summed E-state index contributed by atoms with van der Waals surface area (Å²) in [5.74, 6) is 0.835. The van der Waals surface area contributed by atoms with Crippen molar-refractivity contribution < 1.29 is 0 Å². The SMILES string of the molecule is CC(C)(C)CC(C)(C)NC(c1ccccc1)C1CC1. The fourth-order valence-corrected chi connectivity index (χ4v) is 3.36. The number of nitrogens with one attached hydrogen (secondary N) is 1. The molecule has 0 heterocycles. The summed E-state index contributed by atoms with van der Waals surface area (Å²) in [6.07, 6.45) is 3.94. The highest BCUT2D eigenvalue weighted by atomic mass is 15.0. The minimum Gasteiger partial charge on any atom is -0.305 e. The molecule has 2 rings (SSSR count). The Morgan fingerprint density at radius 1 is 1.05 bits per heavy atom. The van der Waals surface area contributed by atoms with Crippen molar-refractivity contribution in [2.24, 2.45) is 11.3 Å². The van der Waals surface area contributed by atoms with E-state index in [-0.39, 0.29) is 5.54 Å². The smallest absolute Gasteiger partial charge is 0.0353 e. The summed E-state index contributed by atoms with van der Waals surface area (Å²) >= 11 is 0. The molecule has 1 aliphatic carbocycles. The molecule has 0 saturated heterocycles. The van der Waals surface area contributed by atoms with Crippen LogP contribution >= 0.6 is 0 Å². The van der Waals surface area contributed by atoms with Gasteiger partial charge in [-0.05, 0) is 50.0 Å². The van der Waals surface area contributed by atoms with E-state index in [2.05, 4.69) is 70.3 Å². The van der Waals surface area contributed by atoms with Crippen LogP contribution in [0, 0.1) is 11.3 Å². The Hall–Kier alpha value is -0.820. The number of rotatable bonds is 5. The summed E-state index contributed by atoms with van der Waals surface area (Å²) in [7, 11) is 0. The standard InChI is InChI=1S/C18H29N/c1-17(2,3)13-18(4,5)19-16(15-11-12-15)14-9-7-6-8-10-14/h6-10,15-16,19H,11-13H2,1-5H3. The molecule has 1 N–H and O–H groups in total. The predicted molar refractivity (Wildman–Crippen MR) is 83.2 cm³/mol. The van der Waals surface area contributed by atoms with Gasteiger partial charge in [0, 0.05) is 11.6 Å². The molecule has 1 fully saturated rings. The lowest BCUT2D eigenvalue weighted by atomic mass is 9.81. The van der Waals surface area contributed by atoms with Crippen LogP contribution < -0.4 is 5.32 Å². The number of hydrogen-bond acceptors (Lipinski definition) is 1. The molecule has 1 atom stereocenters. The van der Waals surface area contributed by atoms with E-state index in [1.807, 2.05) is 0 Å². The van der Waals surface area contributed by atoms with E-state index in [0.29, 0.717) is 11.5 Å². The lowest BCUT2D eigenvalue weighted by Gasteiger charge is -2.37. The van der Waals surface area contributed by atoms with E-state index in [1.54, 1.807) is 0 Å². The third-order valence-corrected chi connectivity index (χ3v) is 3.77. The first-order valence-electron chi connectivity index (χ1n) is 7.59. The van der Waals surface area contributed by atoms with Gasteiger partial charge in [-0.3, -0.25) is 0 Å². The maximum absolute atomic E-state index is 3.93. The van der Waals surface area contributed by atoms with E-state index < -0.39 is 0 Å². The molecule has 0 aromatic heterocycles. The van der Waals surface area contributed by atoms with Gasteiger partial charge in [-0.25, -0.2) is 0 Å². The van der Waals surface area contributed by atoms with Gasteiger partial charge in [0.15, 0.2) is 0 Å². The van der Waals surface area contributed by atoms with Crippen LogP contribution in [0.2, 0.25) is 0 Å². The second-order valence-corrected chi connectivity index (χ2v) is 7.99. The van der Waals surface area contributed by atoms with E-state index in [1.165, 1.54) is 24.8 Å². The van der Waals surface area contributed by atoms with Gasteiger partial charge in [0.2, 0.25) is 0 Å². The Morgan fingerprint density at radius 2 is 1.63 bits per heavy atom. The van der Waals surface area contributed by atoms with E-state index in [0.717, 1.165) is 5.92 Å². The average molecular weight is 259 g/mol. The first-order chi connectivity index (χ1) is 8.77. The largest absolute Gasteiger partial charge is 0.305 e. The molecule has 1 aliphatic rings. The van der Waals surface area contributed by atoms with Gasteiger partial charge in [0.1, 0.15) is 0 Å². The van der Waals surface area contributed by atoms with Crippen molar-refractivity contribution >= 4 is 0 Å². The fraction of sp³-hybridized carbons (Fsp3) is 0.667. The summed E-state index contributed by atoms with van der Waals surface area (Å²) in [6.45, 7) is 11.7. The quantitative estimate of drug-likeness (QED) is 0.789. The highest BCUT2D eigenvalue weighted by Crippen LogP contribution is 2.42. The van der Waals surface area contributed by atoms with Gasteiger partial charge in [0.05, 0.1) is 0 Å². The average Bonchev–Trinajstić information content (AvgIpc) is 3.07. The van der Waals surface area contributed by atoms with Gasteiger partial charge >= 0.3 is 0 Å². The molecule has 1 saturated carbocycles. The zero-order valence-electron chi connectivity index (χ0n) is 13.2. The molecular weight excluding hydrogens is 230 g/mol. The first kappa shape index (κ1) is 14.6. The van der Waals surface area contributed by atoms with Crippen molar-refractivity contribution in [3.05, 3.63) is 35.9 Å². The Labute approximate surface area is 118 Å². The van der Waals surface area contributed by atoms with Crippen LogP contribution in [0.25, 0.3) is 0 Å². The van der Waals surface area contributed by atoms with Crippen molar-refractivity contribution in [2.45, 2.75) is 65.5 Å². The zero-order chi connectivity index (χ0) is 14.1. The first-order valence-corrected chi connectivity index (χ1v) is 7.59. The maximum atomic E-state index is 3.93. The van der Waals surface area contributed by atoms with Crippen LogP contribution in [0.1, 0.15) is 65.5 Å². The van der Waals surface area contributed by atoms with Crippen LogP contribution in [0.15, 0.2) is 30.3 Å². The van der Waals surface area contributed by atoms with Gasteiger partial charge in [0.25, 0.3) is 0 Å². The number of benzene rings is 1. The van der Waals surface area contributed by atoms with Crippen LogP contribution in [0.4, 0.5) is 0 Å². The highest BCUT2D eigenvalue weighted by molar-refractivity contribution is 5.21. The molecule has 0 aliphatic heterocycles. The van der Waals surface area contributed by atoms with Crippen LogP contribution in [-0.4, -0.2) is 5.54 Å². The van der Waals surface area contributed by atoms with E-state index in [9.17, 15) is 0 Å². The van der Waals surface area contributed by atoms with Crippen molar-refractivity contribution in [3.8, 4) is 0 Å². The summed E-state index contributed by atoms with van der Waals surface area (Å²) in [6, 6.07) is 11.5. The summed E-state index contributed by atoms with van der Waals surface area (Å²) in [4.78, 5) is 0. The molecule has 1 nitrogen and oxygen atoms in total. The van der Waals surface area contributed by atoms with Gasteiger partial charge in [-0.1, -0.05) is 51.1 Å². The van der Waals surface area contributed by atoms with Crippen LogP contribution in [-0.2, 0) is 0 Å². The van der Waals surface area contributed by atoms with Crippen LogP contribution in [0.5, 0.6) is 0 Å². The van der Waals surface area contributed by atoms with Crippen molar-refractivity contribution in [1.82, 2.24) is 5.32 Å². The molecule has 0 bridgehead atoms. The third kappa shape index (κ3) is 4.65. The van der Waals surface area contributed by atoms with Crippen molar-refractivity contribution in [1.29, 1.82) is 0 Å². The fourth-order valence-electron chi connectivity index (χ4n) is 3.36. The van der Waals surface area contributed by atoms with Crippen molar-refractivity contribution in [3.63, 3.8) is 0 Å². The summed E-state index contributed by atoms with van der Waals surface area (Å²) in [5, 5.41) is 3.93. The molecule has 0 spiro atoms. The second kappa shape index (κ2) is 5.28. The molecule has 1 unspecified atom stereocenters. The van der Waals surface area contributed by atoms with E-state index >= 15 is 0 Å². The van der Waals surface area contributed by atoms with Gasteiger partial charge in [-0.2, -0.15) is 0 Å². The molecule has 0 radical (unpaired) electrons. The molecule has 1 heteroatoms. The summed E-state index contributed by atoms with van der Waals surface area (Å²) < 4.78 is 0. The topological polar surface area (TPSA) is 12.0 Å². The monoisotopic (exact) mass is 259 g/mol. The molecule has 19 heavy (non-hydrogen) atoms. The number of hydrogen-bond donors (Lipinski definition) is 1. The predicted octanol–water partition coefficient (Wildman–Crippen LogP) is 4.94. The Kier molecular flexibility index (Phi) is 4.06. The van der Waals surface area contributed by atoms with Crippen molar-refractivity contribution in [2.75, 3.05) is 0 Å². The lowest BCUT2D eigenvalue weighted by Crippen LogP contribution is -2.45. The van der Waals surface area contributed by atoms with Gasteiger partial charge < -0.3 is 5.32 Å². The molecular formula is C18H29N. The minimum absolute atomic E-state index is 0.182. The van der Waals surface area contributed by atoms with Gasteiger partial charge in [-0.15, -0.1) is 0 Å².